The van der Waals surface area contributed by atoms with Crippen LogP contribution in [-0.4, -0.2) is 60.5 Å². The lowest BCUT2D eigenvalue weighted by Gasteiger charge is -2.56. The molecule has 1 amide bonds. The Morgan fingerprint density at radius 1 is 1.29 bits per heavy atom. The molecule has 7 heteroatoms. The Hall–Kier alpha value is -0.785. The second-order valence-corrected chi connectivity index (χ2v) is 10.5. The zero-order valence-electron chi connectivity index (χ0n) is 18.3. The number of carbonyl (C=O) groups excluding carboxylic acids is 1. The molecular formula is C21H35BN2O3S. The fourth-order valence-corrected chi connectivity index (χ4v) is 5.39. The second-order valence-electron chi connectivity index (χ2n) is 9.45. The average molecular weight is 406 g/mol. The molecule has 3 aliphatic rings. The first-order valence-electron chi connectivity index (χ1n) is 10.5. The lowest BCUT2D eigenvalue weighted by molar-refractivity contribution is -0.128. The van der Waals surface area contributed by atoms with Crippen LogP contribution in [0.1, 0.15) is 60.8 Å². The van der Waals surface area contributed by atoms with E-state index in [1.165, 1.54) is 11.1 Å². The molecule has 0 atom stereocenters. The first-order valence-corrected chi connectivity index (χ1v) is 11.4. The van der Waals surface area contributed by atoms with Gasteiger partial charge in [-0.2, -0.15) is 0 Å². The van der Waals surface area contributed by atoms with Crippen molar-refractivity contribution in [1.82, 2.24) is 4.90 Å². The predicted molar refractivity (Wildman–Crippen MR) is 118 cm³/mol. The number of amides is 1. The normalized spacial score (nSPS) is 25.7. The molecule has 2 saturated heterocycles. The number of nitrogens with zero attached hydrogens (tertiary/aromatic N) is 2. The van der Waals surface area contributed by atoms with Crippen molar-refractivity contribution in [3.63, 3.8) is 0 Å². The molecular weight excluding hydrogens is 371 g/mol. The van der Waals surface area contributed by atoms with Crippen molar-refractivity contribution in [2.75, 3.05) is 32.8 Å². The fraction of sp³-hybridized carbons (Fsp3) is 0.810. The highest BCUT2D eigenvalue weighted by molar-refractivity contribution is 8.36. The molecule has 0 aromatic heterocycles. The maximum Gasteiger partial charge on any atom is 0.376 e. The van der Waals surface area contributed by atoms with E-state index in [0.29, 0.717) is 12.5 Å². The first-order chi connectivity index (χ1) is 13.1. The van der Waals surface area contributed by atoms with Crippen LogP contribution in [0.25, 0.3) is 0 Å². The SMILES string of the molecule is CC(=O)N1CCC(C)=C(/C(=N\CC2CCOCC2)SB2OC(C)(C)C2(C)C)C1. The van der Waals surface area contributed by atoms with Gasteiger partial charge in [-0.15, -0.1) is 11.6 Å². The molecule has 0 saturated carbocycles. The first kappa shape index (κ1) is 21.9. The average Bonchev–Trinajstić information content (AvgIpc) is 2.65. The van der Waals surface area contributed by atoms with E-state index in [1.54, 1.807) is 18.5 Å². The zero-order chi connectivity index (χ0) is 20.5. The molecule has 2 fully saturated rings. The molecule has 5 nitrogen and oxygen atoms in total. The van der Waals surface area contributed by atoms with Gasteiger partial charge in [0, 0.05) is 56.3 Å². The summed E-state index contributed by atoms with van der Waals surface area (Å²) in [4.78, 5) is 19.0. The van der Waals surface area contributed by atoms with Gasteiger partial charge in [0.15, 0.2) is 0 Å². The van der Waals surface area contributed by atoms with E-state index in [0.717, 1.165) is 50.6 Å². The van der Waals surface area contributed by atoms with Crippen molar-refractivity contribution >= 4 is 28.8 Å². The van der Waals surface area contributed by atoms with Gasteiger partial charge < -0.3 is 14.3 Å². The number of ether oxygens (including phenoxy) is 1. The topological polar surface area (TPSA) is 51.1 Å². The van der Waals surface area contributed by atoms with Crippen LogP contribution >= 0.6 is 11.6 Å². The van der Waals surface area contributed by atoms with Crippen molar-refractivity contribution in [2.24, 2.45) is 10.9 Å². The molecule has 0 radical (unpaired) electrons. The van der Waals surface area contributed by atoms with Gasteiger partial charge in [-0.05, 0) is 46.0 Å². The highest BCUT2D eigenvalue weighted by Crippen LogP contribution is 2.57. The van der Waals surface area contributed by atoms with Gasteiger partial charge in [-0.1, -0.05) is 19.4 Å². The zero-order valence-corrected chi connectivity index (χ0v) is 19.2. The number of hydrogen-bond acceptors (Lipinski definition) is 5. The molecule has 0 aromatic carbocycles. The summed E-state index contributed by atoms with van der Waals surface area (Å²) >= 11 is 1.75. The number of rotatable bonds is 4. The fourth-order valence-electron chi connectivity index (χ4n) is 3.79. The third kappa shape index (κ3) is 4.52. The van der Waals surface area contributed by atoms with E-state index >= 15 is 0 Å². The van der Waals surface area contributed by atoms with E-state index in [-0.39, 0.29) is 23.0 Å². The molecule has 3 heterocycles. The number of aliphatic imine (C=N–C) groups is 1. The van der Waals surface area contributed by atoms with Gasteiger partial charge in [0.2, 0.25) is 5.91 Å². The third-order valence-electron chi connectivity index (χ3n) is 6.92. The largest absolute Gasteiger partial charge is 0.420 e. The molecule has 0 N–H and O–H groups in total. The Balaban J connectivity index is 1.81. The van der Waals surface area contributed by atoms with Crippen LogP contribution in [0.3, 0.4) is 0 Å². The van der Waals surface area contributed by atoms with Crippen LogP contribution in [0.2, 0.25) is 5.31 Å². The molecule has 0 bridgehead atoms. The Labute approximate surface area is 174 Å². The van der Waals surface area contributed by atoms with Gasteiger partial charge in [0.25, 0.3) is 0 Å². The van der Waals surface area contributed by atoms with Crippen molar-refractivity contribution in [3.8, 4) is 0 Å². The second kappa shape index (κ2) is 8.53. The summed E-state index contributed by atoms with van der Waals surface area (Å²) in [5, 5.41) is 1.14. The van der Waals surface area contributed by atoms with Gasteiger partial charge in [0.1, 0.15) is 0 Å². The Bertz CT molecular complexity index is 669. The summed E-state index contributed by atoms with van der Waals surface area (Å²) in [5.74, 6) is 0.727. The van der Waals surface area contributed by atoms with Gasteiger partial charge >= 0.3 is 6.19 Å². The summed E-state index contributed by atoms with van der Waals surface area (Å²) in [6.45, 7) is 16.7. The molecule has 28 heavy (non-hydrogen) atoms. The van der Waals surface area contributed by atoms with Crippen molar-refractivity contribution in [1.29, 1.82) is 0 Å². The van der Waals surface area contributed by atoms with Gasteiger partial charge in [-0.3, -0.25) is 9.79 Å². The minimum Gasteiger partial charge on any atom is -0.420 e. The Morgan fingerprint density at radius 2 is 1.96 bits per heavy atom. The van der Waals surface area contributed by atoms with E-state index in [1.807, 2.05) is 4.90 Å². The van der Waals surface area contributed by atoms with E-state index in [2.05, 4.69) is 34.6 Å². The quantitative estimate of drug-likeness (QED) is 0.399. The standard InChI is InChI=1S/C21H35BN2O3S/c1-15-7-10-24(16(2)25)14-18(15)19(23-13-17-8-11-26-12-9-17)28-22-20(3,4)21(5,6)27-22/h17H,7-14H2,1-6H3/b23-19+. The highest BCUT2D eigenvalue weighted by Gasteiger charge is 2.60. The highest BCUT2D eigenvalue weighted by atomic mass is 32.2. The molecule has 0 unspecified atom stereocenters. The van der Waals surface area contributed by atoms with Crippen molar-refractivity contribution in [2.45, 2.75) is 71.7 Å². The molecule has 156 valence electrons. The minimum atomic E-state index is -0.127. The van der Waals surface area contributed by atoms with E-state index in [9.17, 15) is 4.79 Å². The molecule has 0 spiro atoms. The smallest absolute Gasteiger partial charge is 0.376 e. The summed E-state index contributed by atoms with van der Waals surface area (Å²) < 4.78 is 11.7. The summed E-state index contributed by atoms with van der Waals surface area (Å²) in [5.41, 5.74) is 2.45. The maximum atomic E-state index is 12.0. The molecule has 0 aromatic rings. The van der Waals surface area contributed by atoms with E-state index in [4.69, 9.17) is 14.4 Å². The van der Waals surface area contributed by atoms with Crippen molar-refractivity contribution in [3.05, 3.63) is 11.1 Å². The van der Waals surface area contributed by atoms with E-state index < -0.39 is 0 Å². The Kier molecular flexibility index (Phi) is 6.67. The van der Waals surface area contributed by atoms with Crippen LogP contribution in [0.4, 0.5) is 0 Å². The van der Waals surface area contributed by atoms with Crippen LogP contribution in [0.15, 0.2) is 16.1 Å². The monoisotopic (exact) mass is 406 g/mol. The van der Waals surface area contributed by atoms with Crippen LogP contribution < -0.4 is 0 Å². The lowest BCUT2D eigenvalue weighted by atomic mass is 9.49. The molecule has 0 aliphatic carbocycles. The van der Waals surface area contributed by atoms with Crippen LogP contribution in [0.5, 0.6) is 0 Å². The number of hydrogen-bond donors (Lipinski definition) is 0. The summed E-state index contributed by atoms with van der Waals surface area (Å²) in [6.07, 6.45) is 3.17. The van der Waals surface area contributed by atoms with Gasteiger partial charge in [0.05, 0.1) is 5.04 Å². The summed E-state index contributed by atoms with van der Waals surface area (Å²) in [6, 6.07) is 0. The number of carbonyl (C=O) groups is 1. The van der Waals surface area contributed by atoms with Crippen molar-refractivity contribution < 1.29 is 14.2 Å². The molecule has 3 rings (SSSR count). The van der Waals surface area contributed by atoms with Gasteiger partial charge in [-0.25, -0.2) is 0 Å². The van der Waals surface area contributed by atoms with Crippen LogP contribution in [0, 0.1) is 5.92 Å². The Morgan fingerprint density at radius 3 is 2.54 bits per heavy atom. The molecule has 3 aliphatic heterocycles. The van der Waals surface area contributed by atoms with Crippen LogP contribution in [-0.2, 0) is 14.2 Å². The lowest BCUT2D eigenvalue weighted by Crippen LogP contribution is -2.60. The predicted octanol–water partition coefficient (Wildman–Crippen LogP) is 4.19. The third-order valence-corrected chi connectivity index (χ3v) is 8.42. The summed E-state index contributed by atoms with van der Waals surface area (Å²) in [7, 11) is 0. The maximum absolute atomic E-state index is 12.0. The minimum absolute atomic E-state index is 0.0700.